The van der Waals surface area contributed by atoms with Gasteiger partial charge in [-0.05, 0) is 6.42 Å². The molecule has 0 aromatic heterocycles. The number of nitrogens with zero attached hydrogens (tertiary/aromatic N) is 2. The Morgan fingerprint density at radius 3 is 3.00 bits per heavy atom. The van der Waals surface area contributed by atoms with Crippen molar-refractivity contribution < 1.29 is 0 Å². The van der Waals surface area contributed by atoms with Gasteiger partial charge in [0, 0.05) is 19.5 Å². The van der Waals surface area contributed by atoms with E-state index in [-0.39, 0.29) is 0 Å². The first kappa shape index (κ1) is 6.55. The molecule has 1 aliphatic rings. The van der Waals surface area contributed by atoms with E-state index in [1.54, 1.807) is 0 Å². The van der Waals surface area contributed by atoms with Crippen LogP contribution < -0.4 is 0 Å². The lowest BCUT2D eigenvalue weighted by atomic mass is 10.3. The first-order valence-electron chi connectivity index (χ1n) is 3.32. The summed E-state index contributed by atoms with van der Waals surface area (Å²) in [5, 5.41) is 11.8. The number of hydrogen-bond donors (Lipinski definition) is 0. The van der Waals surface area contributed by atoms with Gasteiger partial charge in [0.25, 0.3) is 0 Å². The van der Waals surface area contributed by atoms with Gasteiger partial charge in [0.15, 0.2) is 0 Å². The predicted molar refractivity (Wildman–Crippen MR) is 37.3 cm³/mol. The monoisotopic (exact) mass is 127 g/mol. The van der Waals surface area contributed by atoms with E-state index in [1.165, 1.54) is 0 Å². The van der Waals surface area contributed by atoms with Gasteiger partial charge in [0.2, 0.25) is 0 Å². The van der Waals surface area contributed by atoms with E-state index in [1.807, 2.05) is 6.92 Å². The molecule has 0 amide bonds. The Morgan fingerprint density at radius 1 is 1.78 bits per heavy atom. The lowest BCUT2D eigenvalue weighted by molar-refractivity contribution is 0.500. The second kappa shape index (κ2) is 2.82. The largest absolute Gasteiger partial charge is 0.757 e. The van der Waals surface area contributed by atoms with Gasteiger partial charge < -0.3 is 10.3 Å². The SMILES string of the molecule is CCC1=NCCCN1[O-]. The first-order chi connectivity index (χ1) is 4.34. The molecule has 0 aromatic rings. The summed E-state index contributed by atoms with van der Waals surface area (Å²) in [6.07, 6.45) is 1.68. The van der Waals surface area contributed by atoms with Crippen molar-refractivity contribution in [1.82, 2.24) is 5.06 Å². The molecule has 0 unspecified atom stereocenters. The number of hydrogen-bond acceptors (Lipinski definition) is 3. The standard InChI is InChI=1S/C6H11N2O/c1-2-6-7-4-3-5-8(6)9/h2-5H2,1H3/q-1. The molecule has 0 atom stereocenters. The molecule has 1 aliphatic heterocycles. The summed E-state index contributed by atoms with van der Waals surface area (Å²) in [7, 11) is 0. The maximum Gasteiger partial charge on any atom is 0.0879 e. The van der Waals surface area contributed by atoms with Crippen LogP contribution in [0.5, 0.6) is 0 Å². The van der Waals surface area contributed by atoms with Gasteiger partial charge >= 0.3 is 0 Å². The van der Waals surface area contributed by atoms with Gasteiger partial charge in [0.1, 0.15) is 0 Å². The van der Waals surface area contributed by atoms with Crippen molar-refractivity contribution in [3.63, 3.8) is 0 Å². The number of rotatable bonds is 1. The molecule has 52 valence electrons. The molecule has 0 fully saturated rings. The first-order valence-corrected chi connectivity index (χ1v) is 3.32. The van der Waals surface area contributed by atoms with Crippen LogP contribution in [0.2, 0.25) is 0 Å². The lowest BCUT2D eigenvalue weighted by Crippen LogP contribution is -2.29. The molecule has 0 saturated carbocycles. The molecular weight excluding hydrogens is 116 g/mol. The summed E-state index contributed by atoms with van der Waals surface area (Å²) < 4.78 is 0. The van der Waals surface area contributed by atoms with Crippen LogP contribution in [0.3, 0.4) is 0 Å². The fraction of sp³-hybridized carbons (Fsp3) is 0.833. The van der Waals surface area contributed by atoms with Gasteiger partial charge in [-0.2, -0.15) is 0 Å². The minimum Gasteiger partial charge on any atom is -0.757 e. The Balaban J connectivity index is 2.53. The Kier molecular flexibility index (Phi) is 2.05. The van der Waals surface area contributed by atoms with Crippen molar-refractivity contribution in [3.05, 3.63) is 5.21 Å². The van der Waals surface area contributed by atoms with Crippen molar-refractivity contribution >= 4 is 5.84 Å². The Morgan fingerprint density at radius 2 is 2.56 bits per heavy atom. The molecule has 0 spiro atoms. The van der Waals surface area contributed by atoms with Crippen LogP contribution >= 0.6 is 0 Å². The summed E-state index contributed by atoms with van der Waals surface area (Å²) in [5.41, 5.74) is 0. The summed E-state index contributed by atoms with van der Waals surface area (Å²) in [4.78, 5) is 4.06. The minimum absolute atomic E-state index is 0.632. The summed E-state index contributed by atoms with van der Waals surface area (Å²) in [6, 6.07) is 0. The number of amidine groups is 1. The normalized spacial score (nSPS) is 19.8. The van der Waals surface area contributed by atoms with E-state index in [2.05, 4.69) is 4.99 Å². The highest BCUT2D eigenvalue weighted by Gasteiger charge is 2.02. The topological polar surface area (TPSA) is 38.7 Å². The third kappa shape index (κ3) is 1.42. The van der Waals surface area contributed by atoms with E-state index in [4.69, 9.17) is 0 Å². The molecular formula is C6H11N2O-. The zero-order chi connectivity index (χ0) is 6.69. The molecule has 0 radical (unpaired) electrons. The molecule has 1 rings (SSSR count). The van der Waals surface area contributed by atoms with E-state index in [0.717, 1.165) is 24.4 Å². The van der Waals surface area contributed by atoms with Crippen molar-refractivity contribution in [2.45, 2.75) is 19.8 Å². The fourth-order valence-electron chi connectivity index (χ4n) is 0.919. The third-order valence-corrected chi connectivity index (χ3v) is 1.42. The molecule has 3 nitrogen and oxygen atoms in total. The summed E-state index contributed by atoms with van der Waals surface area (Å²) in [5.74, 6) is 0.709. The van der Waals surface area contributed by atoms with Gasteiger partial charge in [0.05, 0.1) is 5.84 Å². The van der Waals surface area contributed by atoms with E-state index < -0.39 is 0 Å². The average Bonchev–Trinajstić information content (AvgIpc) is 1.89. The Bertz CT molecular complexity index is 122. The highest BCUT2D eigenvalue weighted by Crippen LogP contribution is 2.02. The van der Waals surface area contributed by atoms with Crippen LogP contribution in [0.1, 0.15) is 19.8 Å². The number of hydroxylamine groups is 2. The summed E-state index contributed by atoms with van der Waals surface area (Å²) in [6.45, 7) is 3.42. The summed E-state index contributed by atoms with van der Waals surface area (Å²) >= 11 is 0. The average molecular weight is 127 g/mol. The van der Waals surface area contributed by atoms with Crippen molar-refractivity contribution in [1.29, 1.82) is 0 Å². The van der Waals surface area contributed by atoms with E-state index >= 15 is 0 Å². The molecule has 9 heavy (non-hydrogen) atoms. The van der Waals surface area contributed by atoms with E-state index in [0.29, 0.717) is 12.4 Å². The molecule has 3 heteroatoms. The predicted octanol–water partition coefficient (Wildman–Crippen LogP) is 0.998. The molecule has 0 N–H and O–H groups in total. The zero-order valence-corrected chi connectivity index (χ0v) is 5.63. The van der Waals surface area contributed by atoms with Crippen molar-refractivity contribution in [2.75, 3.05) is 13.1 Å². The Labute approximate surface area is 55.0 Å². The fourth-order valence-corrected chi connectivity index (χ4v) is 0.919. The number of aliphatic imine (C=N–C) groups is 1. The van der Waals surface area contributed by atoms with Crippen LogP contribution in [0.4, 0.5) is 0 Å². The maximum absolute atomic E-state index is 10.8. The second-order valence-corrected chi connectivity index (χ2v) is 2.11. The van der Waals surface area contributed by atoms with Gasteiger partial charge in [-0.1, -0.05) is 6.92 Å². The quantitative estimate of drug-likeness (QED) is 0.527. The van der Waals surface area contributed by atoms with Crippen molar-refractivity contribution in [2.24, 2.45) is 4.99 Å². The molecule has 0 aliphatic carbocycles. The van der Waals surface area contributed by atoms with E-state index in [9.17, 15) is 5.21 Å². The van der Waals surface area contributed by atoms with Crippen LogP contribution in [-0.4, -0.2) is 24.0 Å². The van der Waals surface area contributed by atoms with Crippen LogP contribution in [0.15, 0.2) is 4.99 Å². The third-order valence-electron chi connectivity index (χ3n) is 1.42. The van der Waals surface area contributed by atoms with Crippen molar-refractivity contribution in [3.8, 4) is 0 Å². The van der Waals surface area contributed by atoms with Crippen LogP contribution in [-0.2, 0) is 0 Å². The van der Waals surface area contributed by atoms with Gasteiger partial charge in [-0.3, -0.25) is 4.99 Å². The smallest absolute Gasteiger partial charge is 0.0879 e. The highest BCUT2D eigenvalue weighted by molar-refractivity contribution is 5.82. The van der Waals surface area contributed by atoms with Crippen LogP contribution in [0.25, 0.3) is 0 Å². The highest BCUT2D eigenvalue weighted by atomic mass is 16.5. The Hall–Kier alpha value is -0.570. The van der Waals surface area contributed by atoms with Gasteiger partial charge in [-0.25, -0.2) is 0 Å². The minimum atomic E-state index is 0.632. The molecule has 0 aromatic carbocycles. The molecule has 0 bridgehead atoms. The maximum atomic E-state index is 10.8. The molecule has 0 saturated heterocycles. The molecule has 1 heterocycles. The zero-order valence-electron chi connectivity index (χ0n) is 5.63. The van der Waals surface area contributed by atoms with Gasteiger partial charge in [-0.15, -0.1) is 0 Å². The van der Waals surface area contributed by atoms with Crippen LogP contribution in [0, 0.1) is 5.21 Å². The lowest BCUT2D eigenvalue weighted by Gasteiger charge is -2.34. The second-order valence-electron chi connectivity index (χ2n) is 2.11.